The zero-order valence-corrected chi connectivity index (χ0v) is 16.0. The number of nitrogens with zero attached hydrogens (tertiary/aromatic N) is 2. The lowest BCUT2D eigenvalue weighted by atomic mass is 10.0. The molecule has 2 aliphatic heterocycles. The van der Waals surface area contributed by atoms with Crippen molar-refractivity contribution in [3.05, 3.63) is 29.8 Å². The summed E-state index contributed by atoms with van der Waals surface area (Å²) in [6.45, 7) is 7.42. The SMILES string of the molecule is CC(C)c1ccc(N2CC(C(=O)N(C)CCC3CNNC3)CC2=O)cc1. The molecule has 1 aromatic carbocycles. The molecular formula is C20H30N4O2. The van der Waals surface area contributed by atoms with Gasteiger partial charge in [-0.1, -0.05) is 26.0 Å². The number of carbonyl (C=O) groups is 2. The number of hydrogen-bond acceptors (Lipinski definition) is 4. The van der Waals surface area contributed by atoms with E-state index in [0.29, 0.717) is 24.8 Å². The number of hydrogen-bond donors (Lipinski definition) is 2. The first-order valence-corrected chi connectivity index (χ1v) is 9.56. The van der Waals surface area contributed by atoms with Gasteiger partial charge in [-0.2, -0.15) is 0 Å². The summed E-state index contributed by atoms with van der Waals surface area (Å²) >= 11 is 0. The van der Waals surface area contributed by atoms with E-state index < -0.39 is 0 Å². The highest BCUT2D eigenvalue weighted by molar-refractivity contribution is 6.00. The van der Waals surface area contributed by atoms with E-state index in [1.165, 1.54) is 5.56 Å². The fourth-order valence-corrected chi connectivity index (χ4v) is 3.67. The van der Waals surface area contributed by atoms with Crippen molar-refractivity contribution in [2.45, 2.75) is 32.6 Å². The summed E-state index contributed by atoms with van der Waals surface area (Å²) in [5.41, 5.74) is 8.38. The van der Waals surface area contributed by atoms with Gasteiger partial charge in [-0.15, -0.1) is 0 Å². The Morgan fingerprint density at radius 1 is 1.23 bits per heavy atom. The molecule has 142 valence electrons. The fraction of sp³-hybridized carbons (Fsp3) is 0.600. The molecule has 0 radical (unpaired) electrons. The fourth-order valence-electron chi connectivity index (χ4n) is 3.67. The molecular weight excluding hydrogens is 328 g/mol. The first kappa shape index (κ1) is 18.9. The van der Waals surface area contributed by atoms with Crippen LogP contribution in [-0.2, 0) is 9.59 Å². The molecule has 1 aromatic rings. The highest BCUT2D eigenvalue weighted by Crippen LogP contribution is 2.27. The van der Waals surface area contributed by atoms with Crippen LogP contribution in [0.15, 0.2) is 24.3 Å². The van der Waals surface area contributed by atoms with Crippen LogP contribution >= 0.6 is 0 Å². The second-order valence-corrected chi connectivity index (χ2v) is 7.83. The third kappa shape index (κ3) is 4.24. The van der Waals surface area contributed by atoms with Crippen LogP contribution in [0.5, 0.6) is 0 Å². The Bertz CT molecular complexity index is 638. The van der Waals surface area contributed by atoms with Gasteiger partial charge in [0, 0.05) is 45.3 Å². The third-order valence-electron chi connectivity index (χ3n) is 5.50. The van der Waals surface area contributed by atoms with E-state index in [4.69, 9.17) is 0 Å². The van der Waals surface area contributed by atoms with E-state index in [1.54, 1.807) is 9.80 Å². The minimum atomic E-state index is -0.239. The number of rotatable bonds is 6. The van der Waals surface area contributed by atoms with Crippen LogP contribution in [0.25, 0.3) is 0 Å². The third-order valence-corrected chi connectivity index (χ3v) is 5.50. The molecule has 1 unspecified atom stereocenters. The molecule has 6 heteroatoms. The summed E-state index contributed by atoms with van der Waals surface area (Å²) in [7, 11) is 1.85. The van der Waals surface area contributed by atoms with Crippen LogP contribution in [0.1, 0.15) is 38.2 Å². The van der Waals surface area contributed by atoms with Gasteiger partial charge in [-0.3, -0.25) is 20.4 Å². The highest BCUT2D eigenvalue weighted by atomic mass is 16.2. The van der Waals surface area contributed by atoms with Crippen LogP contribution in [0, 0.1) is 11.8 Å². The minimum absolute atomic E-state index is 0.0400. The van der Waals surface area contributed by atoms with Crippen LogP contribution in [0.4, 0.5) is 5.69 Å². The van der Waals surface area contributed by atoms with Crippen molar-refractivity contribution in [1.29, 1.82) is 0 Å². The van der Waals surface area contributed by atoms with Crippen molar-refractivity contribution in [3.63, 3.8) is 0 Å². The Morgan fingerprint density at radius 2 is 1.88 bits per heavy atom. The first-order valence-electron chi connectivity index (χ1n) is 9.56. The average Bonchev–Trinajstić information content (AvgIpc) is 3.28. The largest absolute Gasteiger partial charge is 0.345 e. The smallest absolute Gasteiger partial charge is 0.227 e. The predicted molar refractivity (Wildman–Crippen MR) is 103 cm³/mol. The van der Waals surface area contributed by atoms with E-state index in [9.17, 15) is 9.59 Å². The molecule has 0 spiro atoms. The Hall–Kier alpha value is -1.92. The topological polar surface area (TPSA) is 64.7 Å². The average molecular weight is 358 g/mol. The minimum Gasteiger partial charge on any atom is -0.345 e. The summed E-state index contributed by atoms with van der Waals surface area (Å²) < 4.78 is 0. The molecule has 1 atom stereocenters. The lowest BCUT2D eigenvalue weighted by Gasteiger charge is -2.22. The van der Waals surface area contributed by atoms with E-state index in [0.717, 1.165) is 31.7 Å². The summed E-state index contributed by atoms with van der Waals surface area (Å²) in [5, 5.41) is 0. The van der Waals surface area contributed by atoms with Crippen molar-refractivity contribution in [3.8, 4) is 0 Å². The lowest BCUT2D eigenvalue weighted by Crippen LogP contribution is -2.36. The standard InChI is InChI=1S/C20H30N4O2/c1-14(2)16-4-6-18(7-5-16)24-13-17(10-19(24)25)20(26)23(3)9-8-15-11-21-22-12-15/h4-7,14-15,17,21-22H,8-13H2,1-3H3. The van der Waals surface area contributed by atoms with Gasteiger partial charge < -0.3 is 9.80 Å². The maximum atomic E-state index is 12.7. The Kier molecular flexibility index (Phi) is 5.94. The van der Waals surface area contributed by atoms with Crippen LogP contribution in [0.3, 0.4) is 0 Å². The van der Waals surface area contributed by atoms with Gasteiger partial charge in [-0.25, -0.2) is 0 Å². The number of nitrogens with one attached hydrogen (secondary N) is 2. The monoisotopic (exact) mass is 358 g/mol. The van der Waals surface area contributed by atoms with Crippen molar-refractivity contribution in [1.82, 2.24) is 15.8 Å². The molecule has 0 aliphatic carbocycles. The Morgan fingerprint density at radius 3 is 2.50 bits per heavy atom. The molecule has 3 rings (SSSR count). The van der Waals surface area contributed by atoms with Gasteiger partial charge in [0.05, 0.1) is 5.92 Å². The molecule has 26 heavy (non-hydrogen) atoms. The molecule has 2 N–H and O–H groups in total. The maximum Gasteiger partial charge on any atom is 0.227 e. The van der Waals surface area contributed by atoms with E-state index in [1.807, 2.05) is 19.2 Å². The van der Waals surface area contributed by atoms with Crippen LogP contribution < -0.4 is 15.8 Å². The molecule has 2 saturated heterocycles. The van der Waals surface area contributed by atoms with Gasteiger partial charge in [-0.05, 0) is 36.0 Å². The summed E-state index contributed by atoms with van der Waals surface area (Å²) in [6.07, 6.45) is 1.28. The predicted octanol–water partition coefficient (Wildman–Crippen LogP) is 1.74. The van der Waals surface area contributed by atoms with E-state index in [2.05, 4.69) is 36.8 Å². The number of anilines is 1. The van der Waals surface area contributed by atoms with Gasteiger partial charge >= 0.3 is 0 Å². The zero-order chi connectivity index (χ0) is 18.7. The quantitative estimate of drug-likeness (QED) is 0.813. The van der Waals surface area contributed by atoms with Gasteiger partial charge in [0.15, 0.2) is 0 Å². The Balaban J connectivity index is 1.56. The number of amides is 2. The van der Waals surface area contributed by atoms with E-state index >= 15 is 0 Å². The van der Waals surface area contributed by atoms with Crippen molar-refractivity contribution in [2.24, 2.45) is 11.8 Å². The summed E-state index contributed by atoms with van der Waals surface area (Å²) in [6, 6.07) is 8.12. The molecule has 2 heterocycles. The zero-order valence-electron chi connectivity index (χ0n) is 16.0. The number of hydrazine groups is 1. The van der Waals surface area contributed by atoms with E-state index in [-0.39, 0.29) is 17.7 Å². The number of benzene rings is 1. The van der Waals surface area contributed by atoms with Gasteiger partial charge in [0.2, 0.25) is 11.8 Å². The van der Waals surface area contributed by atoms with Crippen LogP contribution in [0.2, 0.25) is 0 Å². The normalized spacial score (nSPS) is 21.0. The first-order chi connectivity index (χ1) is 12.5. The molecule has 2 aliphatic rings. The second-order valence-electron chi connectivity index (χ2n) is 7.83. The molecule has 2 amide bonds. The maximum absolute atomic E-state index is 12.7. The highest BCUT2D eigenvalue weighted by Gasteiger charge is 2.36. The molecule has 2 fully saturated rings. The molecule has 0 bridgehead atoms. The van der Waals surface area contributed by atoms with Crippen LogP contribution in [-0.4, -0.2) is 49.9 Å². The second kappa shape index (κ2) is 8.18. The van der Waals surface area contributed by atoms with Gasteiger partial charge in [0.25, 0.3) is 0 Å². The summed E-state index contributed by atoms with van der Waals surface area (Å²) in [4.78, 5) is 28.7. The van der Waals surface area contributed by atoms with Crippen molar-refractivity contribution in [2.75, 3.05) is 38.1 Å². The summed E-state index contributed by atoms with van der Waals surface area (Å²) in [5.74, 6) is 0.909. The van der Waals surface area contributed by atoms with Gasteiger partial charge in [0.1, 0.15) is 0 Å². The van der Waals surface area contributed by atoms with Crippen molar-refractivity contribution < 1.29 is 9.59 Å². The lowest BCUT2D eigenvalue weighted by molar-refractivity contribution is -0.134. The molecule has 6 nitrogen and oxygen atoms in total. The molecule has 0 aromatic heterocycles. The Labute approximate surface area is 155 Å². The molecule has 0 saturated carbocycles. The number of carbonyl (C=O) groups excluding carboxylic acids is 2. The van der Waals surface area contributed by atoms with Crippen molar-refractivity contribution >= 4 is 17.5 Å².